The summed E-state index contributed by atoms with van der Waals surface area (Å²) in [5.41, 5.74) is 1.25. The van der Waals surface area contributed by atoms with Gasteiger partial charge in [-0.25, -0.2) is 4.39 Å². The molecular weight excluding hydrogens is 345 g/mol. The zero-order chi connectivity index (χ0) is 19.1. The van der Waals surface area contributed by atoms with Gasteiger partial charge in [-0.3, -0.25) is 4.79 Å². The first kappa shape index (κ1) is 18.7. The molecule has 0 saturated heterocycles. The number of amides is 1. The normalized spacial score (nSPS) is 11.8. The zero-order valence-electron chi connectivity index (χ0n) is 15.2. The van der Waals surface area contributed by atoms with E-state index in [2.05, 4.69) is 17.4 Å². The van der Waals surface area contributed by atoms with Crippen molar-refractivity contribution >= 4 is 5.91 Å². The van der Waals surface area contributed by atoms with E-state index in [0.29, 0.717) is 11.5 Å². The first-order chi connectivity index (χ1) is 13.1. The first-order valence-corrected chi connectivity index (χ1v) is 8.92. The van der Waals surface area contributed by atoms with Crippen molar-refractivity contribution in [3.05, 3.63) is 89.6 Å². The maximum Gasteiger partial charge on any atom is 0.287 e. The van der Waals surface area contributed by atoms with Crippen LogP contribution in [-0.2, 0) is 13.0 Å². The predicted molar refractivity (Wildman–Crippen MR) is 101 cm³/mol. The van der Waals surface area contributed by atoms with Gasteiger partial charge in [0.1, 0.15) is 23.9 Å². The largest absolute Gasteiger partial charge is 0.486 e. The molecule has 3 aromatic rings. The molecule has 1 heterocycles. The van der Waals surface area contributed by atoms with Gasteiger partial charge < -0.3 is 14.5 Å². The van der Waals surface area contributed by atoms with Gasteiger partial charge in [0.05, 0.1) is 0 Å². The van der Waals surface area contributed by atoms with Gasteiger partial charge in [-0.1, -0.05) is 30.3 Å². The van der Waals surface area contributed by atoms with Crippen LogP contribution in [0.15, 0.2) is 71.1 Å². The first-order valence-electron chi connectivity index (χ1n) is 8.92. The molecule has 1 N–H and O–H groups in total. The summed E-state index contributed by atoms with van der Waals surface area (Å²) < 4.78 is 23.9. The molecule has 140 valence electrons. The Labute approximate surface area is 158 Å². The van der Waals surface area contributed by atoms with Crippen molar-refractivity contribution in [2.24, 2.45) is 0 Å². The summed E-state index contributed by atoms with van der Waals surface area (Å²) in [5.74, 6) is 0.748. The van der Waals surface area contributed by atoms with E-state index in [9.17, 15) is 9.18 Å². The van der Waals surface area contributed by atoms with Crippen molar-refractivity contribution in [1.29, 1.82) is 0 Å². The smallest absolute Gasteiger partial charge is 0.287 e. The number of rotatable bonds is 8. The van der Waals surface area contributed by atoms with Gasteiger partial charge in [-0.05, 0) is 61.7 Å². The van der Waals surface area contributed by atoms with Crippen molar-refractivity contribution in [1.82, 2.24) is 5.32 Å². The van der Waals surface area contributed by atoms with Crippen LogP contribution < -0.4 is 10.1 Å². The molecule has 4 nitrogen and oxygen atoms in total. The Morgan fingerprint density at radius 3 is 2.56 bits per heavy atom. The highest BCUT2D eigenvalue weighted by molar-refractivity contribution is 5.91. The summed E-state index contributed by atoms with van der Waals surface area (Å²) in [6.45, 7) is 2.14. The van der Waals surface area contributed by atoms with Crippen LogP contribution in [0.3, 0.4) is 0 Å². The molecule has 27 heavy (non-hydrogen) atoms. The lowest BCUT2D eigenvalue weighted by Crippen LogP contribution is -2.32. The topological polar surface area (TPSA) is 51.5 Å². The number of carbonyl (C=O) groups excluding carboxylic acids is 1. The second-order valence-electron chi connectivity index (χ2n) is 6.41. The van der Waals surface area contributed by atoms with Gasteiger partial charge in [0.15, 0.2) is 5.76 Å². The lowest BCUT2D eigenvalue weighted by atomic mass is 10.1. The van der Waals surface area contributed by atoms with E-state index in [1.807, 2.05) is 25.1 Å². The lowest BCUT2D eigenvalue weighted by Gasteiger charge is -2.12. The Morgan fingerprint density at radius 1 is 1.07 bits per heavy atom. The third-order valence-electron chi connectivity index (χ3n) is 4.17. The van der Waals surface area contributed by atoms with Crippen LogP contribution in [0.25, 0.3) is 0 Å². The SMILES string of the molecule is CC(CCc1ccccc1)NC(=O)c1ccc(COc2ccc(F)cc2)o1. The number of benzene rings is 2. The summed E-state index contributed by atoms with van der Waals surface area (Å²) in [7, 11) is 0. The number of halogens is 1. The van der Waals surface area contributed by atoms with Crippen LogP contribution in [-0.4, -0.2) is 11.9 Å². The highest BCUT2D eigenvalue weighted by atomic mass is 19.1. The van der Waals surface area contributed by atoms with Gasteiger partial charge in [0.25, 0.3) is 5.91 Å². The zero-order valence-corrected chi connectivity index (χ0v) is 15.2. The number of hydrogen-bond donors (Lipinski definition) is 1. The number of ether oxygens (including phenoxy) is 1. The average Bonchev–Trinajstić information content (AvgIpc) is 3.16. The van der Waals surface area contributed by atoms with Gasteiger partial charge in [0.2, 0.25) is 0 Å². The number of nitrogens with one attached hydrogen (secondary N) is 1. The van der Waals surface area contributed by atoms with Crippen LogP contribution in [0.1, 0.15) is 35.2 Å². The van der Waals surface area contributed by atoms with E-state index in [1.54, 1.807) is 24.3 Å². The fraction of sp³-hybridized carbons (Fsp3) is 0.227. The fourth-order valence-corrected chi connectivity index (χ4v) is 2.66. The van der Waals surface area contributed by atoms with Crippen molar-refractivity contribution in [2.75, 3.05) is 0 Å². The maximum absolute atomic E-state index is 12.9. The molecule has 0 spiro atoms. The van der Waals surface area contributed by atoms with E-state index in [1.165, 1.54) is 17.7 Å². The fourth-order valence-electron chi connectivity index (χ4n) is 2.66. The Hall–Kier alpha value is -3.08. The van der Waals surface area contributed by atoms with Crippen molar-refractivity contribution in [3.63, 3.8) is 0 Å². The quantitative estimate of drug-likeness (QED) is 0.625. The minimum atomic E-state index is -0.319. The highest BCUT2D eigenvalue weighted by Crippen LogP contribution is 2.15. The summed E-state index contributed by atoms with van der Waals surface area (Å²) >= 11 is 0. The molecule has 1 atom stereocenters. The highest BCUT2D eigenvalue weighted by Gasteiger charge is 2.14. The Bertz CT molecular complexity index is 859. The number of aryl methyl sites for hydroxylation is 1. The monoisotopic (exact) mass is 367 g/mol. The van der Waals surface area contributed by atoms with Crippen molar-refractivity contribution in [3.8, 4) is 5.75 Å². The molecule has 3 rings (SSSR count). The molecule has 0 radical (unpaired) electrons. The van der Waals surface area contributed by atoms with E-state index < -0.39 is 0 Å². The van der Waals surface area contributed by atoms with Gasteiger partial charge in [0, 0.05) is 6.04 Å². The minimum absolute atomic E-state index is 0.0294. The van der Waals surface area contributed by atoms with Crippen LogP contribution in [0.2, 0.25) is 0 Å². The molecule has 5 heteroatoms. The minimum Gasteiger partial charge on any atom is -0.486 e. The molecule has 0 aliphatic rings. The average molecular weight is 367 g/mol. The summed E-state index contributed by atoms with van der Waals surface area (Å²) in [6.07, 6.45) is 1.74. The lowest BCUT2D eigenvalue weighted by molar-refractivity contribution is 0.0906. The van der Waals surface area contributed by atoms with E-state index >= 15 is 0 Å². The Morgan fingerprint density at radius 2 is 1.81 bits per heavy atom. The standard InChI is InChI=1S/C22H22FNO3/c1-16(7-8-17-5-3-2-4-6-17)24-22(25)21-14-13-20(27-21)15-26-19-11-9-18(23)10-12-19/h2-6,9-14,16H,7-8,15H2,1H3,(H,24,25). The molecule has 0 saturated carbocycles. The number of carbonyl (C=O) groups is 1. The molecule has 0 fully saturated rings. The summed E-state index contributed by atoms with van der Waals surface area (Å²) in [4.78, 5) is 12.3. The summed E-state index contributed by atoms with van der Waals surface area (Å²) in [5, 5.41) is 2.94. The second-order valence-corrected chi connectivity index (χ2v) is 6.41. The molecule has 0 bridgehead atoms. The molecule has 0 aliphatic heterocycles. The maximum atomic E-state index is 12.9. The molecule has 0 aliphatic carbocycles. The predicted octanol–water partition coefficient (Wildman–Crippen LogP) is 4.75. The third kappa shape index (κ3) is 5.71. The summed E-state index contributed by atoms with van der Waals surface area (Å²) in [6, 6.07) is 19.3. The molecule has 1 amide bonds. The van der Waals surface area contributed by atoms with Gasteiger partial charge in [-0.15, -0.1) is 0 Å². The number of hydrogen-bond acceptors (Lipinski definition) is 3. The number of furan rings is 1. The van der Waals surface area contributed by atoms with Gasteiger partial charge >= 0.3 is 0 Å². The second kappa shape index (κ2) is 9.03. The molecule has 2 aromatic carbocycles. The van der Waals surface area contributed by atoms with Crippen LogP contribution in [0, 0.1) is 5.82 Å². The van der Waals surface area contributed by atoms with Crippen molar-refractivity contribution in [2.45, 2.75) is 32.4 Å². The molecule has 1 aromatic heterocycles. The van der Waals surface area contributed by atoms with Crippen LogP contribution >= 0.6 is 0 Å². The van der Waals surface area contributed by atoms with E-state index in [4.69, 9.17) is 9.15 Å². The molecule has 1 unspecified atom stereocenters. The van der Waals surface area contributed by atoms with Crippen molar-refractivity contribution < 1.29 is 18.3 Å². The third-order valence-corrected chi connectivity index (χ3v) is 4.17. The van der Waals surface area contributed by atoms with Crippen LogP contribution in [0.5, 0.6) is 5.75 Å². The molecular formula is C22H22FNO3. The van der Waals surface area contributed by atoms with Gasteiger partial charge in [-0.2, -0.15) is 0 Å². The Kier molecular flexibility index (Phi) is 6.26. The van der Waals surface area contributed by atoms with Crippen LogP contribution in [0.4, 0.5) is 4.39 Å². The Balaban J connectivity index is 1.46. The van der Waals surface area contributed by atoms with E-state index in [0.717, 1.165) is 12.8 Å². The van der Waals surface area contributed by atoms with E-state index in [-0.39, 0.29) is 30.1 Å².